The van der Waals surface area contributed by atoms with Crippen LogP contribution < -0.4 is 5.32 Å². The van der Waals surface area contributed by atoms with Crippen molar-refractivity contribution in [2.75, 3.05) is 13.1 Å². The van der Waals surface area contributed by atoms with Crippen molar-refractivity contribution >= 4 is 25.0 Å². The molecule has 1 aromatic carbocycles. The number of likely N-dealkylation sites (tertiary alicyclic amines) is 1. The van der Waals surface area contributed by atoms with Gasteiger partial charge in [0, 0.05) is 25.6 Å². The SMILES string of the molecule is CC(=O)N([C@@H](C)c1ccccc1)C(CCC1CCN(C(=O)OC(C)(C)C)C1)(B1OC(C)(C)C(C)(C)O1)C(=O)NC(C)(C)C. The molecular weight excluding hydrogens is 545 g/mol. The summed E-state index contributed by atoms with van der Waals surface area (Å²) in [7, 11) is -1.03. The number of ether oxygens (including phenoxy) is 1. The fraction of sp³-hybridized carbons (Fsp3) is 0.727. The van der Waals surface area contributed by atoms with Gasteiger partial charge in [0.2, 0.25) is 11.8 Å². The highest BCUT2D eigenvalue weighted by molar-refractivity contribution is 6.56. The second-order valence-electron chi connectivity index (χ2n) is 15.3. The summed E-state index contributed by atoms with van der Waals surface area (Å²) in [6.07, 6.45) is 1.30. The summed E-state index contributed by atoms with van der Waals surface area (Å²) in [5.74, 6) is -0.465. The summed E-state index contributed by atoms with van der Waals surface area (Å²) < 4.78 is 18.9. The van der Waals surface area contributed by atoms with E-state index in [2.05, 4.69) is 5.32 Å². The number of nitrogens with one attached hydrogen (secondary N) is 1. The lowest BCUT2D eigenvalue weighted by atomic mass is 9.58. The third kappa shape index (κ3) is 7.93. The van der Waals surface area contributed by atoms with Gasteiger partial charge in [-0.1, -0.05) is 30.3 Å². The van der Waals surface area contributed by atoms with Crippen molar-refractivity contribution < 1.29 is 28.4 Å². The monoisotopic (exact) mass is 599 g/mol. The van der Waals surface area contributed by atoms with Gasteiger partial charge in [0.15, 0.2) is 5.44 Å². The summed E-state index contributed by atoms with van der Waals surface area (Å²) in [5.41, 5.74) is -3.22. The topological polar surface area (TPSA) is 97.4 Å². The van der Waals surface area contributed by atoms with Gasteiger partial charge in [0.1, 0.15) is 5.60 Å². The van der Waals surface area contributed by atoms with Gasteiger partial charge in [-0.2, -0.15) is 0 Å². The maximum atomic E-state index is 14.8. The number of rotatable bonds is 8. The standard InChI is InChI=1S/C33H54BN3O6/c1-23(26-16-14-13-15-17-26)37(24(2)38)33(27(39)35-29(3,4)5,34-42-31(9,10)32(11,12)43-34)20-18-25-19-21-36(22-25)28(40)41-30(6,7)8/h13-17,23,25H,18-22H2,1-12H3,(H,35,39)/t23-,25?,33?/m0/s1. The van der Waals surface area contributed by atoms with Crippen LogP contribution in [0.3, 0.4) is 0 Å². The van der Waals surface area contributed by atoms with Gasteiger partial charge in [-0.05, 0) is 107 Å². The van der Waals surface area contributed by atoms with Gasteiger partial charge >= 0.3 is 13.2 Å². The van der Waals surface area contributed by atoms with Crippen LogP contribution in [0.25, 0.3) is 0 Å². The molecule has 3 rings (SSSR count). The number of hydrogen-bond acceptors (Lipinski definition) is 6. The summed E-state index contributed by atoms with van der Waals surface area (Å²) in [5, 5.41) is 3.18. The van der Waals surface area contributed by atoms with Crippen LogP contribution in [0, 0.1) is 5.92 Å². The molecule has 2 unspecified atom stereocenters. The van der Waals surface area contributed by atoms with Crippen LogP contribution in [0.15, 0.2) is 30.3 Å². The van der Waals surface area contributed by atoms with E-state index in [1.807, 2.05) is 106 Å². The van der Waals surface area contributed by atoms with E-state index in [0.717, 1.165) is 12.0 Å². The molecule has 2 aliphatic heterocycles. The highest BCUT2D eigenvalue weighted by atomic mass is 16.7. The lowest BCUT2D eigenvalue weighted by Crippen LogP contribution is -2.71. The molecule has 10 heteroatoms. The highest BCUT2D eigenvalue weighted by Gasteiger charge is 2.66. The molecule has 3 amide bonds. The lowest BCUT2D eigenvalue weighted by Gasteiger charge is -2.47. The van der Waals surface area contributed by atoms with Crippen LogP contribution in [0.2, 0.25) is 0 Å². The second kappa shape index (κ2) is 12.4. The van der Waals surface area contributed by atoms with Crippen molar-refractivity contribution in [2.24, 2.45) is 5.92 Å². The quantitative estimate of drug-likeness (QED) is 0.373. The average molecular weight is 600 g/mol. The predicted octanol–water partition coefficient (Wildman–Crippen LogP) is 5.92. The molecule has 43 heavy (non-hydrogen) atoms. The normalized spacial score (nSPS) is 22.1. The summed E-state index contributed by atoms with van der Waals surface area (Å²) in [6.45, 7) is 23.7. The minimum atomic E-state index is -1.50. The molecule has 0 radical (unpaired) electrons. The van der Waals surface area contributed by atoms with Crippen LogP contribution in [0.5, 0.6) is 0 Å². The van der Waals surface area contributed by atoms with E-state index in [4.69, 9.17) is 14.0 Å². The van der Waals surface area contributed by atoms with Crippen molar-refractivity contribution in [3.8, 4) is 0 Å². The van der Waals surface area contributed by atoms with Gasteiger partial charge in [0.25, 0.3) is 0 Å². The maximum Gasteiger partial charge on any atom is 0.495 e. The van der Waals surface area contributed by atoms with E-state index in [-0.39, 0.29) is 30.2 Å². The summed E-state index contributed by atoms with van der Waals surface area (Å²) in [4.78, 5) is 44.8. The molecule has 1 aromatic rings. The Bertz CT molecular complexity index is 1140. The Kier molecular flexibility index (Phi) is 10.1. The van der Waals surface area contributed by atoms with Gasteiger partial charge in [0.05, 0.1) is 17.2 Å². The van der Waals surface area contributed by atoms with E-state index in [1.165, 1.54) is 6.92 Å². The molecule has 2 heterocycles. The summed E-state index contributed by atoms with van der Waals surface area (Å²) in [6, 6.07) is 9.27. The Morgan fingerprint density at radius 3 is 2.09 bits per heavy atom. The van der Waals surface area contributed by atoms with Gasteiger partial charge in [-0.3, -0.25) is 9.59 Å². The first-order valence-electron chi connectivity index (χ1n) is 15.6. The molecule has 240 valence electrons. The van der Waals surface area contributed by atoms with Gasteiger partial charge in [-0.15, -0.1) is 0 Å². The van der Waals surface area contributed by atoms with Crippen molar-refractivity contribution in [2.45, 2.75) is 136 Å². The van der Waals surface area contributed by atoms with Gasteiger partial charge in [-0.25, -0.2) is 4.79 Å². The first kappa shape index (κ1) is 34.9. The molecule has 1 N–H and O–H groups in total. The zero-order valence-corrected chi connectivity index (χ0v) is 28.5. The molecular formula is C33H54BN3O6. The first-order chi connectivity index (χ1) is 19.6. The minimum Gasteiger partial charge on any atom is -0.444 e. The van der Waals surface area contributed by atoms with Crippen molar-refractivity contribution in [3.05, 3.63) is 35.9 Å². The predicted molar refractivity (Wildman–Crippen MR) is 169 cm³/mol. The molecule has 2 saturated heterocycles. The number of carbonyl (C=O) groups excluding carboxylic acids is 3. The van der Waals surface area contributed by atoms with E-state index in [0.29, 0.717) is 19.5 Å². The first-order valence-corrected chi connectivity index (χ1v) is 15.6. The largest absolute Gasteiger partial charge is 0.495 e. The van der Waals surface area contributed by atoms with Crippen LogP contribution in [-0.4, -0.2) is 75.7 Å². The smallest absolute Gasteiger partial charge is 0.444 e. The number of hydrogen-bond donors (Lipinski definition) is 1. The van der Waals surface area contributed by atoms with E-state index in [1.54, 1.807) is 9.80 Å². The third-order valence-corrected chi connectivity index (χ3v) is 8.83. The van der Waals surface area contributed by atoms with Crippen molar-refractivity contribution in [1.29, 1.82) is 0 Å². The number of amides is 3. The fourth-order valence-corrected chi connectivity index (χ4v) is 5.93. The van der Waals surface area contributed by atoms with Crippen LogP contribution >= 0.6 is 0 Å². The fourth-order valence-electron chi connectivity index (χ4n) is 5.93. The molecule has 0 spiro atoms. The Balaban J connectivity index is 2.10. The Morgan fingerprint density at radius 2 is 1.60 bits per heavy atom. The van der Waals surface area contributed by atoms with Crippen LogP contribution in [0.1, 0.15) is 114 Å². The molecule has 0 aliphatic carbocycles. The Morgan fingerprint density at radius 1 is 1.05 bits per heavy atom. The highest BCUT2D eigenvalue weighted by Crippen LogP contribution is 2.45. The molecule has 2 aliphatic rings. The van der Waals surface area contributed by atoms with Gasteiger partial charge < -0.3 is 29.2 Å². The van der Waals surface area contributed by atoms with E-state index >= 15 is 0 Å². The lowest BCUT2D eigenvalue weighted by molar-refractivity contribution is -0.147. The molecule has 9 nitrogen and oxygen atoms in total. The number of benzene rings is 1. The zero-order valence-electron chi connectivity index (χ0n) is 28.5. The minimum absolute atomic E-state index is 0.109. The molecule has 0 bridgehead atoms. The molecule has 0 aromatic heterocycles. The Labute approximate surface area is 259 Å². The third-order valence-electron chi connectivity index (χ3n) is 8.83. The molecule has 3 atom stereocenters. The van der Waals surface area contributed by atoms with Crippen LogP contribution in [-0.2, 0) is 23.6 Å². The second-order valence-corrected chi connectivity index (χ2v) is 15.3. The molecule has 0 saturated carbocycles. The Hall–Kier alpha value is -2.59. The average Bonchev–Trinajstić information content (AvgIpc) is 3.41. The van der Waals surface area contributed by atoms with Crippen LogP contribution in [0.4, 0.5) is 4.79 Å². The zero-order chi connectivity index (χ0) is 32.6. The number of carbonyl (C=O) groups is 3. The number of nitrogens with zero attached hydrogens (tertiary/aromatic N) is 2. The molecule has 2 fully saturated rings. The van der Waals surface area contributed by atoms with E-state index < -0.39 is 40.9 Å². The van der Waals surface area contributed by atoms with E-state index in [9.17, 15) is 14.4 Å². The van der Waals surface area contributed by atoms with Crippen molar-refractivity contribution in [1.82, 2.24) is 15.1 Å². The van der Waals surface area contributed by atoms with Crippen molar-refractivity contribution in [3.63, 3.8) is 0 Å². The maximum absolute atomic E-state index is 14.8. The summed E-state index contributed by atoms with van der Waals surface area (Å²) >= 11 is 0.